The van der Waals surface area contributed by atoms with Crippen molar-refractivity contribution in [3.63, 3.8) is 0 Å². The van der Waals surface area contributed by atoms with Gasteiger partial charge < -0.3 is 53.4 Å². The van der Waals surface area contributed by atoms with E-state index in [0.717, 1.165) is 0 Å². The molecule has 49 heavy (non-hydrogen) atoms. The number of rotatable bonds is 7. The van der Waals surface area contributed by atoms with E-state index in [0.29, 0.717) is 32.1 Å². The topological polar surface area (TPSA) is 146 Å². The molecule has 4 saturated heterocycles. The lowest BCUT2D eigenvalue weighted by Gasteiger charge is -2.48. The summed E-state index contributed by atoms with van der Waals surface area (Å²) in [5.41, 5.74) is -3.20. The van der Waals surface area contributed by atoms with Gasteiger partial charge in [-0.25, -0.2) is 0 Å². The Morgan fingerprint density at radius 3 is 2.16 bits per heavy atom. The molecule has 4 rings (SSSR count). The van der Waals surface area contributed by atoms with Crippen LogP contribution in [0.1, 0.15) is 101 Å². The van der Waals surface area contributed by atoms with Crippen LogP contribution in [0.25, 0.3) is 0 Å². The van der Waals surface area contributed by atoms with Crippen molar-refractivity contribution in [2.24, 2.45) is 23.7 Å². The zero-order valence-electron chi connectivity index (χ0n) is 32.3. The van der Waals surface area contributed by atoms with Gasteiger partial charge in [-0.3, -0.25) is 4.79 Å². The van der Waals surface area contributed by atoms with E-state index in [4.69, 9.17) is 33.2 Å². The minimum absolute atomic E-state index is 0.0262. The number of carbonyl (C=O) groups excluding carboxylic acids is 1. The molecule has 4 aliphatic heterocycles. The van der Waals surface area contributed by atoms with Crippen LogP contribution in [-0.2, 0) is 38.0 Å². The zero-order chi connectivity index (χ0) is 36.8. The first-order chi connectivity index (χ1) is 22.7. The number of likely N-dealkylation sites (N-methyl/N-ethyl adjacent to an activating group) is 1. The Morgan fingerprint density at radius 1 is 0.918 bits per heavy atom. The van der Waals surface area contributed by atoms with Gasteiger partial charge in [-0.2, -0.15) is 0 Å². The third-order valence-corrected chi connectivity index (χ3v) is 12.1. The summed E-state index contributed by atoms with van der Waals surface area (Å²) >= 11 is 0. The number of cyclic esters (lactones) is 1. The average Bonchev–Trinajstić information content (AvgIpc) is 3.34. The van der Waals surface area contributed by atoms with Crippen molar-refractivity contribution in [1.82, 2.24) is 4.90 Å². The highest BCUT2D eigenvalue weighted by molar-refractivity contribution is 5.73. The van der Waals surface area contributed by atoms with Crippen LogP contribution in [0.3, 0.4) is 0 Å². The van der Waals surface area contributed by atoms with Gasteiger partial charge in [0, 0.05) is 37.8 Å². The van der Waals surface area contributed by atoms with E-state index in [9.17, 15) is 20.1 Å². The van der Waals surface area contributed by atoms with Crippen LogP contribution in [0.2, 0.25) is 0 Å². The lowest BCUT2D eigenvalue weighted by molar-refractivity contribution is -0.311. The number of carbonyl (C=O) groups is 1. The molecule has 12 nitrogen and oxygen atoms in total. The summed E-state index contributed by atoms with van der Waals surface area (Å²) in [6, 6.07) is -0.198. The predicted octanol–water partition coefficient (Wildman–Crippen LogP) is 3.65. The standard InChI is InChI=1S/C37H67NO11/c1-14-26-37(10,42)31(40)22(5)29-19(2)16-36(9,49-29)32(48-34-28(39)25(38(11)12)15-20(3)45-34)23(6)30(24(7)33(41)46-26)47-27-18-35(8,43-13)17-21(4)44-27/h19-32,34,39-40,42H,14-18H2,1-13H3/t19-,20-,21+,22+,23+,24-,25+,26-,27+,28-,29-,30+,31-,32-,34+,35+,36-,37-/m1/s1. The maximum atomic E-state index is 14.1. The van der Waals surface area contributed by atoms with Gasteiger partial charge in [0.1, 0.15) is 17.8 Å². The van der Waals surface area contributed by atoms with Gasteiger partial charge in [0.15, 0.2) is 12.6 Å². The Bertz CT molecular complexity index is 1110. The number of fused-ring (bicyclic) bond motifs is 2. The fourth-order valence-electron chi connectivity index (χ4n) is 9.25. The second-order valence-electron chi connectivity index (χ2n) is 16.8. The first-order valence-electron chi connectivity index (χ1n) is 18.5. The van der Waals surface area contributed by atoms with Crippen LogP contribution in [0.15, 0.2) is 0 Å². The Morgan fingerprint density at radius 2 is 1.57 bits per heavy atom. The SMILES string of the molecule is CC[C@H]1OC(=O)[C@H](C)[C@@H](O[C@H]2C[C@@](C)(OC)C[C@H](C)O2)[C@H](C)[C@@H](O[C@@H]2O[C@H](C)C[C@H](N(C)C)[C@H]2O)[C@@]2(C)C[C@@H](C)[C@@H](O2)[C@H](C)[C@@H](O)[C@]1(C)O. The summed E-state index contributed by atoms with van der Waals surface area (Å²) in [6.07, 6.45) is -4.58. The maximum absolute atomic E-state index is 14.1. The maximum Gasteiger partial charge on any atom is 0.311 e. The molecule has 4 fully saturated rings. The molecule has 18 atom stereocenters. The number of methoxy groups -OCH3 is 1. The molecule has 12 heteroatoms. The molecule has 0 radical (unpaired) electrons. The van der Waals surface area contributed by atoms with Gasteiger partial charge in [-0.15, -0.1) is 0 Å². The van der Waals surface area contributed by atoms with E-state index < -0.39 is 89.7 Å². The van der Waals surface area contributed by atoms with Crippen molar-refractivity contribution in [2.75, 3.05) is 21.2 Å². The quantitative estimate of drug-likeness (QED) is 0.333. The van der Waals surface area contributed by atoms with Crippen LogP contribution in [0.4, 0.5) is 0 Å². The summed E-state index contributed by atoms with van der Waals surface area (Å²) in [4.78, 5) is 16.1. The summed E-state index contributed by atoms with van der Waals surface area (Å²) in [5, 5.41) is 35.0. The lowest BCUT2D eigenvalue weighted by Crippen LogP contribution is -2.59. The molecule has 0 saturated carbocycles. The number of aliphatic hydroxyl groups is 3. The second kappa shape index (κ2) is 15.6. The Balaban J connectivity index is 1.83. The van der Waals surface area contributed by atoms with Crippen LogP contribution in [0, 0.1) is 23.7 Å². The molecule has 2 bridgehead atoms. The Hall–Kier alpha value is -0.930. The third kappa shape index (κ3) is 8.50. The summed E-state index contributed by atoms with van der Waals surface area (Å²) < 4.78 is 45.3. The number of hydrogen-bond acceptors (Lipinski definition) is 12. The fourth-order valence-corrected chi connectivity index (χ4v) is 9.25. The Labute approximate surface area is 294 Å². The largest absolute Gasteiger partial charge is 0.459 e. The molecular weight excluding hydrogens is 634 g/mol. The minimum atomic E-state index is -1.75. The number of hydrogen-bond donors (Lipinski definition) is 3. The lowest BCUT2D eigenvalue weighted by atomic mass is 9.76. The van der Waals surface area contributed by atoms with Gasteiger partial charge >= 0.3 is 5.97 Å². The van der Waals surface area contributed by atoms with Crippen LogP contribution in [0.5, 0.6) is 0 Å². The van der Waals surface area contributed by atoms with Crippen molar-refractivity contribution >= 4 is 5.97 Å². The van der Waals surface area contributed by atoms with Crippen molar-refractivity contribution in [2.45, 2.75) is 186 Å². The smallest absolute Gasteiger partial charge is 0.311 e. The van der Waals surface area contributed by atoms with Crippen LogP contribution in [-0.4, -0.2) is 132 Å². The first kappa shape index (κ1) is 40.8. The average molecular weight is 702 g/mol. The molecule has 0 aromatic carbocycles. The van der Waals surface area contributed by atoms with Gasteiger partial charge in [-0.05, 0) is 80.8 Å². The van der Waals surface area contributed by atoms with Crippen LogP contribution >= 0.6 is 0 Å². The Kier molecular flexibility index (Phi) is 13.0. The highest BCUT2D eigenvalue weighted by Crippen LogP contribution is 2.48. The fraction of sp³-hybridized carbons (Fsp3) is 0.973. The van der Waals surface area contributed by atoms with E-state index in [-0.39, 0.29) is 24.2 Å². The molecule has 0 amide bonds. The molecule has 0 aromatic rings. The van der Waals surface area contributed by atoms with Crippen molar-refractivity contribution < 1.29 is 53.3 Å². The normalized spacial score (nSPS) is 51.9. The first-order valence-corrected chi connectivity index (χ1v) is 18.5. The number of ether oxygens (including phenoxy) is 7. The molecule has 0 unspecified atom stereocenters. The van der Waals surface area contributed by atoms with Crippen LogP contribution < -0.4 is 0 Å². The van der Waals surface area contributed by atoms with Crippen molar-refractivity contribution in [3.05, 3.63) is 0 Å². The highest BCUT2D eigenvalue weighted by Gasteiger charge is 2.57. The monoisotopic (exact) mass is 701 g/mol. The third-order valence-electron chi connectivity index (χ3n) is 12.1. The zero-order valence-corrected chi connectivity index (χ0v) is 32.3. The molecule has 3 N–H and O–H groups in total. The molecule has 4 heterocycles. The van der Waals surface area contributed by atoms with E-state index >= 15 is 0 Å². The summed E-state index contributed by atoms with van der Waals surface area (Å²) in [5.74, 6) is -2.47. The van der Waals surface area contributed by atoms with E-state index in [2.05, 4.69) is 6.92 Å². The van der Waals surface area contributed by atoms with Crippen molar-refractivity contribution in [3.8, 4) is 0 Å². The van der Waals surface area contributed by atoms with Crippen molar-refractivity contribution in [1.29, 1.82) is 0 Å². The predicted molar refractivity (Wildman–Crippen MR) is 183 cm³/mol. The van der Waals surface area contributed by atoms with Gasteiger partial charge in [0.2, 0.25) is 0 Å². The van der Waals surface area contributed by atoms with Gasteiger partial charge in [0.05, 0.1) is 53.7 Å². The highest BCUT2D eigenvalue weighted by atomic mass is 16.7. The van der Waals surface area contributed by atoms with Gasteiger partial charge in [0.25, 0.3) is 0 Å². The summed E-state index contributed by atoms with van der Waals surface area (Å²) in [6.45, 7) is 19.0. The minimum Gasteiger partial charge on any atom is -0.459 e. The molecule has 4 aliphatic rings. The molecule has 0 aliphatic carbocycles. The number of nitrogens with zero attached hydrogens (tertiary/aromatic N) is 1. The summed E-state index contributed by atoms with van der Waals surface area (Å²) in [7, 11) is 5.54. The van der Waals surface area contributed by atoms with E-state index in [1.807, 2.05) is 67.5 Å². The molecule has 286 valence electrons. The number of aliphatic hydroxyl groups excluding tert-OH is 2. The van der Waals surface area contributed by atoms with E-state index in [1.54, 1.807) is 14.0 Å². The molecule has 0 aromatic heterocycles. The second-order valence-corrected chi connectivity index (χ2v) is 16.8. The molecular formula is C37H67NO11. The van der Waals surface area contributed by atoms with E-state index in [1.165, 1.54) is 6.92 Å². The molecule has 0 spiro atoms. The van der Waals surface area contributed by atoms with Gasteiger partial charge in [-0.1, -0.05) is 27.7 Å². The number of esters is 1.